The zero-order chi connectivity index (χ0) is 14.0. The lowest BCUT2D eigenvalue weighted by Gasteiger charge is -2.13. The quantitative estimate of drug-likeness (QED) is 0.822. The second-order valence-corrected chi connectivity index (χ2v) is 5.80. The maximum Gasteiger partial charge on any atom is 0.0831 e. The molecule has 0 bridgehead atoms. The van der Waals surface area contributed by atoms with Crippen molar-refractivity contribution in [2.24, 2.45) is 0 Å². The molecule has 1 atom stereocenters. The summed E-state index contributed by atoms with van der Waals surface area (Å²) in [5.41, 5.74) is 2.61. The summed E-state index contributed by atoms with van der Waals surface area (Å²) in [5, 5.41) is 12.1. The third-order valence-corrected chi connectivity index (χ3v) is 3.69. The molecule has 0 heterocycles. The first-order chi connectivity index (χ1) is 8.95. The van der Waals surface area contributed by atoms with Gasteiger partial charge in [-0.25, -0.2) is 0 Å². The largest absolute Gasteiger partial charge is 0.388 e. The first-order valence-corrected chi connectivity index (χ1v) is 6.98. The van der Waals surface area contributed by atoms with Crippen LogP contribution in [0.15, 0.2) is 36.4 Å². The van der Waals surface area contributed by atoms with E-state index in [0.717, 1.165) is 16.7 Å². The van der Waals surface area contributed by atoms with Crippen molar-refractivity contribution in [2.45, 2.75) is 19.4 Å². The average Bonchev–Trinajstić information content (AvgIpc) is 2.32. The summed E-state index contributed by atoms with van der Waals surface area (Å²) in [6.07, 6.45) is -0.257. The van der Waals surface area contributed by atoms with Crippen LogP contribution < -0.4 is 0 Å². The molecule has 100 valence electrons. The van der Waals surface area contributed by atoms with Crippen molar-refractivity contribution in [2.75, 3.05) is 0 Å². The number of aliphatic hydroxyl groups excluding tert-OH is 1. The molecule has 1 N–H and O–H groups in total. The minimum Gasteiger partial charge on any atom is -0.388 e. The summed E-state index contributed by atoms with van der Waals surface area (Å²) in [5.74, 6) is 0. The fourth-order valence-electron chi connectivity index (χ4n) is 1.98. The Hall–Kier alpha value is -0.730. The van der Waals surface area contributed by atoms with Gasteiger partial charge in [0, 0.05) is 21.5 Å². The van der Waals surface area contributed by atoms with Gasteiger partial charge in [0.25, 0.3) is 0 Å². The van der Waals surface area contributed by atoms with Gasteiger partial charge in [0.15, 0.2) is 0 Å². The normalized spacial score (nSPS) is 12.5. The molecule has 0 aromatic heterocycles. The Labute approximate surface area is 127 Å². The molecule has 1 nitrogen and oxygen atoms in total. The number of rotatable bonds is 3. The van der Waals surface area contributed by atoms with Gasteiger partial charge in [0.1, 0.15) is 0 Å². The van der Waals surface area contributed by atoms with Gasteiger partial charge in [-0.3, -0.25) is 0 Å². The zero-order valence-corrected chi connectivity index (χ0v) is 12.6. The van der Waals surface area contributed by atoms with Gasteiger partial charge in [0.2, 0.25) is 0 Å². The highest BCUT2D eigenvalue weighted by atomic mass is 35.5. The molecule has 2 rings (SSSR count). The smallest absolute Gasteiger partial charge is 0.0831 e. The fourth-order valence-corrected chi connectivity index (χ4v) is 2.67. The standard InChI is InChI=1S/C15H13Cl3O/c1-9-4-11(7-13(17)5-9)15(19)8-10-6-12(16)2-3-14(10)18/h2-7,15,19H,8H2,1H3. The van der Waals surface area contributed by atoms with Crippen molar-refractivity contribution in [3.63, 3.8) is 0 Å². The molecule has 4 heteroatoms. The van der Waals surface area contributed by atoms with Crippen LogP contribution in [0.3, 0.4) is 0 Å². The van der Waals surface area contributed by atoms with Gasteiger partial charge in [-0.2, -0.15) is 0 Å². The summed E-state index contributed by atoms with van der Waals surface area (Å²) >= 11 is 18.0. The third-order valence-electron chi connectivity index (χ3n) is 2.87. The lowest BCUT2D eigenvalue weighted by Crippen LogP contribution is -2.03. The monoisotopic (exact) mass is 314 g/mol. The molecular formula is C15H13Cl3O. The molecule has 0 saturated heterocycles. The predicted octanol–water partition coefficient (Wildman–Crippen LogP) is 5.23. The molecule has 1 unspecified atom stereocenters. The Bertz CT molecular complexity index is 576. The molecule has 0 radical (unpaired) electrons. The number of hydrogen-bond acceptors (Lipinski definition) is 1. The van der Waals surface area contributed by atoms with Crippen molar-refractivity contribution in [3.05, 3.63) is 68.2 Å². The molecule has 19 heavy (non-hydrogen) atoms. The number of aryl methyl sites for hydroxylation is 1. The lowest BCUT2D eigenvalue weighted by molar-refractivity contribution is 0.178. The van der Waals surface area contributed by atoms with E-state index in [4.69, 9.17) is 34.8 Å². The summed E-state index contributed by atoms with van der Waals surface area (Å²) in [4.78, 5) is 0. The number of aliphatic hydroxyl groups is 1. The van der Waals surface area contributed by atoms with E-state index in [1.807, 2.05) is 19.1 Å². The highest BCUT2D eigenvalue weighted by Crippen LogP contribution is 2.27. The zero-order valence-electron chi connectivity index (χ0n) is 10.3. The minimum atomic E-state index is -0.659. The van der Waals surface area contributed by atoms with Crippen molar-refractivity contribution in [1.82, 2.24) is 0 Å². The van der Waals surface area contributed by atoms with Crippen LogP contribution in [0.25, 0.3) is 0 Å². The highest BCUT2D eigenvalue weighted by molar-refractivity contribution is 6.33. The molecule has 0 aliphatic heterocycles. The molecule has 0 saturated carbocycles. The maximum absolute atomic E-state index is 10.3. The number of benzene rings is 2. The van der Waals surface area contributed by atoms with Gasteiger partial charge in [0.05, 0.1) is 6.10 Å². The molecule has 0 aliphatic carbocycles. The third kappa shape index (κ3) is 3.87. The SMILES string of the molecule is Cc1cc(Cl)cc(C(O)Cc2cc(Cl)ccc2Cl)c1. The van der Waals surface area contributed by atoms with Gasteiger partial charge < -0.3 is 5.11 Å². The Morgan fingerprint density at radius 3 is 2.42 bits per heavy atom. The highest BCUT2D eigenvalue weighted by Gasteiger charge is 2.12. The van der Waals surface area contributed by atoms with Crippen LogP contribution >= 0.6 is 34.8 Å². The van der Waals surface area contributed by atoms with E-state index >= 15 is 0 Å². The van der Waals surface area contributed by atoms with Gasteiger partial charge >= 0.3 is 0 Å². The van der Waals surface area contributed by atoms with E-state index in [2.05, 4.69) is 0 Å². The van der Waals surface area contributed by atoms with Crippen molar-refractivity contribution in [1.29, 1.82) is 0 Å². The van der Waals surface area contributed by atoms with E-state index in [0.29, 0.717) is 21.5 Å². The fraction of sp³-hybridized carbons (Fsp3) is 0.200. The molecule has 0 amide bonds. The van der Waals surface area contributed by atoms with Crippen LogP contribution in [0.2, 0.25) is 15.1 Å². The van der Waals surface area contributed by atoms with Crippen LogP contribution in [0.5, 0.6) is 0 Å². The number of halogens is 3. The molecule has 0 spiro atoms. The Morgan fingerprint density at radius 1 is 1.00 bits per heavy atom. The molecule has 0 aliphatic rings. The first-order valence-electron chi connectivity index (χ1n) is 5.85. The first kappa shape index (κ1) is 14.7. The van der Waals surface area contributed by atoms with E-state index in [9.17, 15) is 5.11 Å². The summed E-state index contributed by atoms with van der Waals surface area (Å²) in [6.45, 7) is 1.94. The molecule has 0 fully saturated rings. The van der Waals surface area contributed by atoms with Gasteiger partial charge in [-0.1, -0.05) is 40.9 Å². The van der Waals surface area contributed by atoms with E-state index in [1.54, 1.807) is 24.3 Å². The topological polar surface area (TPSA) is 20.2 Å². The second kappa shape index (κ2) is 6.15. The van der Waals surface area contributed by atoms with E-state index < -0.39 is 6.10 Å². The summed E-state index contributed by atoms with van der Waals surface area (Å²) in [7, 11) is 0. The van der Waals surface area contributed by atoms with Crippen molar-refractivity contribution in [3.8, 4) is 0 Å². The van der Waals surface area contributed by atoms with Crippen LogP contribution in [-0.2, 0) is 6.42 Å². The number of hydrogen-bond donors (Lipinski definition) is 1. The van der Waals surface area contributed by atoms with Gasteiger partial charge in [-0.15, -0.1) is 0 Å². The maximum atomic E-state index is 10.3. The Morgan fingerprint density at radius 2 is 1.74 bits per heavy atom. The average molecular weight is 316 g/mol. The van der Waals surface area contributed by atoms with E-state index in [-0.39, 0.29) is 0 Å². The Kier molecular flexibility index (Phi) is 4.75. The molecule has 2 aromatic carbocycles. The van der Waals surface area contributed by atoms with E-state index in [1.165, 1.54) is 0 Å². The van der Waals surface area contributed by atoms with Crippen molar-refractivity contribution < 1.29 is 5.11 Å². The predicted molar refractivity (Wildman–Crippen MR) is 81.3 cm³/mol. The molecular weight excluding hydrogens is 303 g/mol. The summed E-state index contributed by atoms with van der Waals surface area (Å²) < 4.78 is 0. The Balaban J connectivity index is 2.25. The van der Waals surface area contributed by atoms with Crippen LogP contribution in [-0.4, -0.2) is 5.11 Å². The lowest BCUT2D eigenvalue weighted by atomic mass is 10.00. The van der Waals surface area contributed by atoms with Gasteiger partial charge in [-0.05, 0) is 53.9 Å². The van der Waals surface area contributed by atoms with Crippen LogP contribution in [0.1, 0.15) is 22.8 Å². The van der Waals surface area contributed by atoms with Crippen LogP contribution in [0, 0.1) is 6.92 Å². The van der Waals surface area contributed by atoms with Crippen molar-refractivity contribution >= 4 is 34.8 Å². The second-order valence-electron chi connectivity index (χ2n) is 4.52. The molecule has 2 aromatic rings. The minimum absolute atomic E-state index is 0.402. The van der Waals surface area contributed by atoms with Crippen LogP contribution in [0.4, 0.5) is 0 Å². The summed E-state index contributed by atoms with van der Waals surface area (Å²) in [6, 6.07) is 10.7.